The third kappa shape index (κ3) is 3.54. The van der Waals surface area contributed by atoms with Crippen LogP contribution in [0.5, 0.6) is 5.75 Å². The Kier molecular flexibility index (Phi) is 4.93. The van der Waals surface area contributed by atoms with Crippen LogP contribution in [0, 0.1) is 11.3 Å². The van der Waals surface area contributed by atoms with Crippen LogP contribution in [0.15, 0.2) is 30.3 Å². The number of rotatable bonds is 4. The maximum atomic E-state index is 12.9. The summed E-state index contributed by atoms with van der Waals surface area (Å²) in [5.41, 5.74) is -0.318. The van der Waals surface area contributed by atoms with Gasteiger partial charge in [-0.15, -0.1) is 0 Å². The number of likely N-dealkylation sites (tertiary alicyclic amines) is 1. The third-order valence-electron chi connectivity index (χ3n) is 5.71. The van der Waals surface area contributed by atoms with Crippen molar-refractivity contribution in [3.63, 3.8) is 0 Å². The van der Waals surface area contributed by atoms with E-state index in [1.807, 2.05) is 30.3 Å². The Bertz CT molecular complexity index is 518. The maximum absolute atomic E-state index is 12.9. The van der Waals surface area contributed by atoms with E-state index in [9.17, 15) is 4.79 Å². The second-order valence-electron chi connectivity index (χ2n) is 7.65. The molecule has 3 rings (SSSR count). The van der Waals surface area contributed by atoms with Crippen LogP contribution in [0.4, 0.5) is 0 Å². The molecule has 1 atom stereocenters. The summed E-state index contributed by atoms with van der Waals surface area (Å²) < 4.78 is 5.96. The number of para-hydroxylation sites is 1. The highest BCUT2D eigenvalue weighted by Gasteiger charge is 2.49. The van der Waals surface area contributed by atoms with Gasteiger partial charge in [0.1, 0.15) is 5.75 Å². The lowest BCUT2D eigenvalue weighted by Crippen LogP contribution is -2.39. The highest BCUT2D eigenvalue weighted by molar-refractivity contribution is 5.85. The number of amides is 1. The molecule has 2 aliphatic rings. The molecule has 23 heavy (non-hydrogen) atoms. The van der Waals surface area contributed by atoms with Gasteiger partial charge in [-0.1, -0.05) is 57.7 Å². The van der Waals surface area contributed by atoms with Crippen LogP contribution in [-0.4, -0.2) is 30.0 Å². The van der Waals surface area contributed by atoms with Gasteiger partial charge in [-0.3, -0.25) is 4.79 Å². The first kappa shape index (κ1) is 16.4. The summed E-state index contributed by atoms with van der Waals surface area (Å²) >= 11 is 0. The third-order valence-corrected chi connectivity index (χ3v) is 5.71. The number of ether oxygens (including phenoxy) is 1. The number of carbonyl (C=O) groups is 1. The van der Waals surface area contributed by atoms with Gasteiger partial charge in [-0.25, -0.2) is 0 Å². The molecule has 0 unspecified atom stereocenters. The van der Waals surface area contributed by atoms with Crippen molar-refractivity contribution >= 4 is 5.91 Å². The molecule has 1 amide bonds. The van der Waals surface area contributed by atoms with E-state index in [1.165, 1.54) is 38.5 Å². The standard InChI is InChI=1S/C20H29NO2/c1-20(2)16(15-23-18-12-8-5-9-13-18)14-21(19(20)22)17-10-6-3-4-7-11-17/h5,8-9,12-13,16-17H,3-4,6-7,10-11,14-15H2,1-2H3/t16-/m1/s1. The molecule has 1 aromatic rings. The molecule has 3 heteroatoms. The van der Waals surface area contributed by atoms with Crippen molar-refractivity contribution in [3.05, 3.63) is 30.3 Å². The molecule has 0 aromatic heterocycles. The average molecular weight is 315 g/mol. The Morgan fingerprint density at radius 3 is 2.39 bits per heavy atom. The number of hydrogen-bond donors (Lipinski definition) is 0. The van der Waals surface area contributed by atoms with Crippen molar-refractivity contribution in [2.75, 3.05) is 13.2 Å². The lowest BCUT2D eigenvalue weighted by Gasteiger charge is -2.28. The van der Waals surface area contributed by atoms with Gasteiger partial charge in [0.2, 0.25) is 5.91 Å². The Labute approximate surface area is 140 Å². The van der Waals surface area contributed by atoms with E-state index in [2.05, 4.69) is 18.7 Å². The molecule has 1 aliphatic heterocycles. The van der Waals surface area contributed by atoms with E-state index in [-0.39, 0.29) is 11.3 Å². The fourth-order valence-electron chi connectivity index (χ4n) is 3.95. The Morgan fingerprint density at radius 2 is 1.74 bits per heavy atom. The minimum Gasteiger partial charge on any atom is -0.493 e. The Morgan fingerprint density at radius 1 is 1.09 bits per heavy atom. The quantitative estimate of drug-likeness (QED) is 0.776. The largest absolute Gasteiger partial charge is 0.493 e. The average Bonchev–Trinajstić information content (AvgIpc) is 2.76. The van der Waals surface area contributed by atoms with Crippen LogP contribution in [-0.2, 0) is 4.79 Å². The molecule has 0 bridgehead atoms. The van der Waals surface area contributed by atoms with Crippen LogP contribution in [0.25, 0.3) is 0 Å². The van der Waals surface area contributed by atoms with Gasteiger partial charge < -0.3 is 9.64 Å². The van der Waals surface area contributed by atoms with Crippen molar-refractivity contribution in [1.82, 2.24) is 4.90 Å². The molecule has 0 spiro atoms. The predicted molar refractivity (Wildman–Crippen MR) is 92.4 cm³/mol. The minimum atomic E-state index is -0.318. The van der Waals surface area contributed by atoms with Crippen molar-refractivity contribution in [3.8, 4) is 5.75 Å². The van der Waals surface area contributed by atoms with Crippen LogP contribution in [0.2, 0.25) is 0 Å². The fourth-order valence-corrected chi connectivity index (χ4v) is 3.95. The van der Waals surface area contributed by atoms with Crippen molar-refractivity contribution in [1.29, 1.82) is 0 Å². The number of benzene rings is 1. The zero-order chi connectivity index (χ0) is 16.3. The summed E-state index contributed by atoms with van der Waals surface area (Å²) in [5.74, 6) is 1.48. The van der Waals surface area contributed by atoms with E-state index >= 15 is 0 Å². The smallest absolute Gasteiger partial charge is 0.228 e. The Hall–Kier alpha value is -1.51. The highest BCUT2D eigenvalue weighted by atomic mass is 16.5. The molecule has 1 heterocycles. The van der Waals surface area contributed by atoms with Crippen LogP contribution < -0.4 is 4.74 Å². The highest BCUT2D eigenvalue weighted by Crippen LogP contribution is 2.39. The van der Waals surface area contributed by atoms with Crippen LogP contribution in [0.3, 0.4) is 0 Å². The lowest BCUT2D eigenvalue weighted by molar-refractivity contribution is -0.137. The van der Waals surface area contributed by atoms with E-state index in [4.69, 9.17) is 4.74 Å². The SMILES string of the molecule is CC1(C)C(=O)N(C2CCCCCC2)C[C@@H]1COc1ccccc1. The molecule has 0 radical (unpaired) electrons. The van der Waals surface area contributed by atoms with E-state index in [1.54, 1.807) is 0 Å². The van der Waals surface area contributed by atoms with E-state index < -0.39 is 0 Å². The minimum absolute atomic E-state index is 0.262. The molecular formula is C20H29NO2. The number of carbonyl (C=O) groups excluding carboxylic acids is 1. The van der Waals surface area contributed by atoms with Gasteiger partial charge in [0.25, 0.3) is 0 Å². The van der Waals surface area contributed by atoms with Crippen molar-refractivity contribution < 1.29 is 9.53 Å². The molecular weight excluding hydrogens is 286 g/mol. The van der Waals surface area contributed by atoms with E-state index in [0.717, 1.165) is 12.3 Å². The second-order valence-corrected chi connectivity index (χ2v) is 7.65. The zero-order valence-electron chi connectivity index (χ0n) is 14.5. The van der Waals surface area contributed by atoms with Crippen molar-refractivity contribution in [2.45, 2.75) is 58.4 Å². The summed E-state index contributed by atoms with van der Waals surface area (Å²) in [5, 5.41) is 0. The van der Waals surface area contributed by atoms with Crippen LogP contribution in [0.1, 0.15) is 52.4 Å². The summed E-state index contributed by atoms with van der Waals surface area (Å²) in [4.78, 5) is 15.1. The van der Waals surface area contributed by atoms with Gasteiger partial charge >= 0.3 is 0 Å². The van der Waals surface area contributed by atoms with Gasteiger partial charge in [0.05, 0.1) is 12.0 Å². The maximum Gasteiger partial charge on any atom is 0.228 e. The molecule has 0 N–H and O–H groups in total. The van der Waals surface area contributed by atoms with Gasteiger partial charge in [-0.2, -0.15) is 0 Å². The Balaban J connectivity index is 1.65. The lowest BCUT2D eigenvalue weighted by atomic mass is 9.82. The zero-order valence-corrected chi connectivity index (χ0v) is 14.5. The fraction of sp³-hybridized carbons (Fsp3) is 0.650. The van der Waals surface area contributed by atoms with Gasteiger partial charge in [0, 0.05) is 18.5 Å². The first-order valence-electron chi connectivity index (χ1n) is 9.08. The van der Waals surface area contributed by atoms with Crippen LogP contribution >= 0.6 is 0 Å². The first-order chi connectivity index (χ1) is 11.1. The number of nitrogens with zero attached hydrogens (tertiary/aromatic N) is 1. The molecule has 1 aromatic carbocycles. The second kappa shape index (κ2) is 6.94. The summed E-state index contributed by atoms with van der Waals surface area (Å²) in [7, 11) is 0. The molecule has 126 valence electrons. The normalized spacial score (nSPS) is 25.4. The molecule has 1 saturated heterocycles. The molecule has 3 nitrogen and oxygen atoms in total. The monoisotopic (exact) mass is 315 g/mol. The topological polar surface area (TPSA) is 29.5 Å². The predicted octanol–water partition coefficient (Wildman–Crippen LogP) is 4.27. The molecule has 2 fully saturated rings. The van der Waals surface area contributed by atoms with Gasteiger partial charge in [-0.05, 0) is 25.0 Å². The molecule has 1 aliphatic carbocycles. The van der Waals surface area contributed by atoms with E-state index in [0.29, 0.717) is 18.6 Å². The van der Waals surface area contributed by atoms with Crippen molar-refractivity contribution in [2.24, 2.45) is 11.3 Å². The summed E-state index contributed by atoms with van der Waals surface area (Å²) in [6, 6.07) is 10.4. The first-order valence-corrected chi connectivity index (χ1v) is 9.08. The van der Waals surface area contributed by atoms with Gasteiger partial charge in [0.15, 0.2) is 0 Å². The summed E-state index contributed by atoms with van der Waals surface area (Å²) in [6.07, 6.45) is 7.52. The number of hydrogen-bond acceptors (Lipinski definition) is 2. The summed E-state index contributed by atoms with van der Waals surface area (Å²) in [6.45, 7) is 5.64. The molecule has 1 saturated carbocycles.